The second-order valence-electron chi connectivity index (χ2n) is 2.70. The quantitative estimate of drug-likeness (QED) is 0.473. The van der Waals surface area contributed by atoms with Gasteiger partial charge < -0.3 is 4.81 Å². The zero-order chi connectivity index (χ0) is 8.39. The standard InChI is InChI=1S/C7H10BN2O2/c1-2-10-7(3-4-9-10)6-5-11-12-8-6/h3-4,6H,2,5H2,1H3. The molecule has 1 aromatic heterocycles. The molecule has 63 valence electrons. The fourth-order valence-corrected chi connectivity index (χ4v) is 1.34. The van der Waals surface area contributed by atoms with Gasteiger partial charge in [-0.3, -0.25) is 9.57 Å². The minimum atomic E-state index is 0.229. The minimum Gasteiger partial charge on any atom is -0.310 e. The summed E-state index contributed by atoms with van der Waals surface area (Å²) in [6.07, 6.45) is 1.80. The van der Waals surface area contributed by atoms with Crippen LogP contribution in [0, 0.1) is 0 Å². The van der Waals surface area contributed by atoms with E-state index in [0.717, 1.165) is 12.2 Å². The lowest BCUT2D eigenvalue weighted by Crippen LogP contribution is -2.11. The van der Waals surface area contributed by atoms with Gasteiger partial charge in [-0.25, -0.2) is 0 Å². The van der Waals surface area contributed by atoms with Gasteiger partial charge in [0, 0.05) is 24.3 Å². The van der Waals surface area contributed by atoms with Crippen LogP contribution in [0.15, 0.2) is 12.3 Å². The molecular formula is C7H10BN2O2. The highest BCUT2D eigenvalue weighted by atomic mass is 17.2. The van der Waals surface area contributed by atoms with Crippen molar-refractivity contribution in [2.24, 2.45) is 0 Å². The van der Waals surface area contributed by atoms with Gasteiger partial charge >= 0.3 is 7.48 Å². The molecule has 1 aromatic rings. The first-order chi connectivity index (χ1) is 5.92. The minimum absolute atomic E-state index is 0.229. The molecule has 5 heteroatoms. The van der Waals surface area contributed by atoms with Crippen LogP contribution in [-0.4, -0.2) is 23.9 Å². The number of hydrogen-bond donors (Lipinski definition) is 0. The molecule has 1 radical (unpaired) electrons. The van der Waals surface area contributed by atoms with E-state index < -0.39 is 0 Å². The Morgan fingerprint density at radius 2 is 2.75 bits per heavy atom. The van der Waals surface area contributed by atoms with Crippen LogP contribution >= 0.6 is 0 Å². The molecule has 0 N–H and O–H groups in total. The van der Waals surface area contributed by atoms with E-state index in [1.54, 1.807) is 13.7 Å². The first-order valence-electron chi connectivity index (χ1n) is 4.05. The summed E-state index contributed by atoms with van der Waals surface area (Å²) in [6, 6.07) is 1.99. The van der Waals surface area contributed by atoms with Crippen molar-refractivity contribution in [1.29, 1.82) is 0 Å². The average molecular weight is 165 g/mol. The summed E-state index contributed by atoms with van der Waals surface area (Å²) in [7, 11) is 1.70. The molecule has 1 fully saturated rings. The monoisotopic (exact) mass is 165 g/mol. The van der Waals surface area contributed by atoms with Crippen molar-refractivity contribution in [2.45, 2.75) is 19.3 Å². The van der Waals surface area contributed by atoms with E-state index >= 15 is 0 Å². The van der Waals surface area contributed by atoms with E-state index in [1.807, 2.05) is 10.7 Å². The van der Waals surface area contributed by atoms with Gasteiger partial charge in [-0.15, -0.1) is 0 Å². The molecule has 1 aliphatic rings. The Morgan fingerprint density at radius 3 is 3.42 bits per heavy atom. The van der Waals surface area contributed by atoms with Crippen molar-refractivity contribution in [3.63, 3.8) is 0 Å². The lowest BCUT2D eigenvalue weighted by molar-refractivity contribution is -0.183. The molecule has 1 unspecified atom stereocenters. The van der Waals surface area contributed by atoms with Crippen LogP contribution in [0.3, 0.4) is 0 Å². The van der Waals surface area contributed by atoms with Gasteiger partial charge in [-0.1, -0.05) is 0 Å². The van der Waals surface area contributed by atoms with Gasteiger partial charge in [0.2, 0.25) is 0 Å². The van der Waals surface area contributed by atoms with Gasteiger partial charge in [0.05, 0.1) is 6.61 Å². The first kappa shape index (κ1) is 7.82. The van der Waals surface area contributed by atoms with Gasteiger partial charge in [0.25, 0.3) is 0 Å². The summed E-state index contributed by atoms with van der Waals surface area (Å²) < 4.78 is 1.94. The summed E-state index contributed by atoms with van der Waals surface area (Å²) in [5.74, 6) is 0.229. The molecule has 2 rings (SSSR count). The predicted octanol–water partition coefficient (Wildman–Crippen LogP) is 0.525. The van der Waals surface area contributed by atoms with E-state index in [9.17, 15) is 0 Å². The highest BCUT2D eigenvalue weighted by Gasteiger charge is 2.24. The molecule has 1 saturated heterocycles. The third kappa shape index (κ3) is 1.25. The summed E-state index contributed by atoms with van der Waals surface area (Å²) in [6.45, 7) is 3.53. The molecule has 0 bridgehead atoms. The van der Waals surface area contributed by atoms with Crippen LogP contribution < -0.4 is 0 Å². The second kappa shape index (κ2) is 3.29. The molecule has 0 saturated carbocycles. The maximum Gasteiger partial charge on any atom is 0.356 e. The predicted molar refractivity (Wildman–Crippen MR) is 43.4 cm³/mol. The highest BCUT2D eigenvalue weighted by Crippen LogP contribution is 2.19. The van der Waals surface area contributed by atoms with Crippen molar-refractivity contribution < 1.29 is 9.69 Å². The van der Waals surface area contributed by atoms with E-state index in [-0.39, 0.29) is 5.82 Å². The van der Waals surface area contributed by atoms with Gasteiger partial charge in [-0.05, 0) is 13.0 Å². The third-order valence-electron chi connectivity index (χ3n) is 1.96. The van der Waals surface area contributed by atoms with E-state index in [4.69, 9.17) is 9.69 Å². The Bertz CT molecular complexity index is 258. The summed E-state index contributed by atoms with van der Waals surface area (Å²) in [5.41, 5.74) is 1.15. The zero-order valence-electron chi connectivity index (χ0n) is 6.93. The molecule has 2 heterocycles. The van der Waals surface area contributed by atoms with Gasteiger partial charge in [0.15, 0.2) is 0 Å². The molecule has 0 spiro atoms. The maximum absolute atomic E-state index is 4.78. The van der Waals surface area contributed by atoms with Crippen molar-refractivity contribution >= 4 is 7.48 Å². The van der Waals surface area contributed by atoms with Gasteiger partial charge in [0.1, 0.15) is 0 Å². The maximum atomic E-state index is 4.78. The van der Waals surface area contributed by atoms with Crippen molar-refractivity contribution in [3.8, 4) is 0 Å². The Balaban J connectivity index is 2.19. The van der Waals surface area contributed by atoms with Gasteiger partial charge in [-0.2, -0.15) is 5.10 Å². The molecule has 1 atom stereocenters. The molecule has 12 heavy (non-hydrogen) atoms. The molecular weight excluding hydrogens is 155 g/mol. The van der Waals surface area contributed by atoms with Crippen LogP contribution in [0.1, 0.15) is 18.4 Å². The number of rotatable bonds is 2. The fourth-order valence-electron chi connectivity index (χ4n) is 1.34. The fraction of sp³-hybridized carbons (Fsp3) is 0.571. The summed E-state index contributed by atoms with van der Waals surface area (Å²) >= 11 is 0. The SMILES string of the molecule is CCn1nccc1C1[B]OOC1. The van der Waals surface area contributed by atoms with E-state index in [0.29, 0.717) is 6.61 Å². The van der Waals surface area contributed by atoms with Crippen LogP contribution in [0.4, 0.5) is 0 Å². The molecule has 4 nitrogen and oxygen atoms in total. The first-order valence-corrected chi connectivity index (χ1v) is 4.05. The molecule has 1 aliphatic heterocycles. The number of hydrogen-bond acceptors (Lipinski definition) is 3. The van der Waals surface area contributed by atoms with Crippen molar-refractivity contribution in [3.05, 3.63) is 18.0 Å². The van der Waals surface area contributed by atoms with Crippen LogP contribution in [0.2, 0.25) is 0 Å². The van der Waals surface area contributed by atoms with Crippen LogP contribution in [0.5, 0.6) is 0 Å². The number of aryl methyl sites for hydroxylation is 1. The Kier molecular flexibility index (Phi) is 2.14. The number of nitrogens with zero attached hydrogens (tertiary/aromatic N) is 2. The molecule has 0 aliphatic carbocycles. The van der Waals surface area contributed by atoms with Crippen molar-refractivity contribution in [2.75, 3.05) is 6.61 Å². The van der Waals surface area contributed by atoms with E-state index in [1.165, 1.54) is 0 Å². The molecule has 0 amide bonds. The van der Waals surface area contributed by atoms with Crippen molar-refractivity contribution in [1.82, 2.24) is 9.78 Å². The highest BCUT2D eigenvalue weighted by molar-refractivity contribution is 6.30. The Morgan fingerprint density at radius 1 is 1.83 bits per heavy atom. The lowest BCUT2D eigenvalue weighted by Gasteiger charge is -2.06. The largest absolute Gasteiger partial charge is 0.356 e. The average Bonchev–Trinajstić information content (AvgIpc) is 2.74. The van der Waals surface area contributed by atoms with Crippen LogP contribution in [0.25, 0.3) is 0 Å². The summed E-state index contributed by atoms with van der Waals surface area (Å²) in [5, 5.41) is 4.16. The molecule has 0 aromatic carbocycles. The number of aromatic nitrogens is 2. The topological polar surface area (TPSA) is 36.3 Å². The third-order valence-corrected chi connectivity index (χ3v) is 1.96. The Labute approximate surface area is 71.7 Å². The Hall–Kier alpha value is -0.805. The zero-order valence-corrected chi connectivity index (χ0v) is 6.93. The lowest BCUT2D eigenvalue weighted by atomic mass is 9.79. The van der Waals surface area contributed by atoms with E-state index in [2.05, 4.69) is 12.0 Å². The smallest absolute Gasteiger partial charge is 0.310 e. The second-order valence-corrected chi connectivity index (χ2v) is 2.70. The normalized spacial score (nSPS) is 22.6. The summed E-state index contributed by atoms with van der Waals surface area (Å²) in [4.78, 5) is 9.50. The van der Waals surface area contributed by atoms with Crippen LogP contribution in [-0.2, 0) is 16.2 Å².